The van der Waals surface area contributed by atoms with E-state index >= 15 is 0 Å². The molecule has 11 heteroatoms. The van der Waals surface area contributed by atoms with Crippen LogP contribution in [-0.2, 0) is 19.6 Å². The molecule has 1 fully saturated rings. The number of ether oxygens (including phenoxy) is 1. The van der Waals surface area contributed by atoms with Crippen LogP contribution in [0.25, 0.3) is 11.5 Å². The third kappa shape index (κ3) is 5.15. The summed E-state index contributed by atoms with van der Waals surface area (Å²) in [5, 5.41) is 10.4. The minimum Gasteiger partial charge on any atom is -0.462 e. The fourth-order valence-electron chi connectivity index (χ4n) is 3.66. The normalized spacial score (nSPS) is 15.1. The van der Waals surface area contributed by atoms with Gasteiger partial charge < -0.3 is 9.15 Å². The number of anilines is 1. The highest BCUT2D eigenvalue weighted by Gasteiger charge is 2.32. The van der Waals surface area contributed by atoms with Crippen LogP contribution in [0.2, 0.25) is 0 Å². The van der Waals surface area contributed by atoms with E-state index in [1.165, 1.54) is 28.6 Å². The van der Waals surface area contributed by atoms with Crippen molar-refractivity contribution in [3.05, 3.63) is 60.2 Å². The number of esters is 1. The average Bonchev–Trinajstić information content (AvgIpc) is 3.33. The smallest absolute Gasteiger partial charge is 0.338 e. The van der Waals surface area contributed by atoms with Gasteiger partial charge in [0, 0.05) is 24.6 Å². The lowest BCUT2D eigenvalue weighted by molar-refractivity contribution is -0.121. The summed E-state index contributed by atoms with van der Waals surface area (Å²) in [6, 6.07) is 14.8. The number of carbonyl (C=O) groups is 2. The molecule has 1 aliphatic heterocycles. The first-order chi connectivity index (χ1) is 16.4. The molecule has 1 aromatic heterocycles. The largest absolute Gasteiger partial charge is 0.462 e. The van der Waals surface area contributed by atoms with Gasteiger partial charge in [0.1, 0.15) is 0 Å². The summed E-state index contributed by atoms with van der Waals surface area (Å²) in [5.41, 5.74) is 1.02. The number of piperidine rings is 1. The molecule has 2 aromatic carbocycles. The Morgan fingerprint density at radius 3 is 2.38 bits per heavy atom. The lowest BCUT2D eigenvalue weighted by Crippen LogP contribution is -2.41. The number of aromatic nitrogens is 2. The Morgan fingerprint density at radius 2 is 1.74 bits per heavy atom. The van der Waals surface area contributed by atoms with Crippen LogP contribution in [0.4, 0.5) is 6.01 Å². The molecule has 0 spiro atoms. The molecule has 10 nitrogen and oxygen atoms in total. The van der Waals surface area contributed by atoms with Crippen LogP contribution in [0.5, 0.6) is 0 Å². The summed E-state index contributed by atoms with van der Waals surface area (Å²) in [4.78, 5) is 24.5. The fourth-order valence-corrected chi connectivity index (χ4v) is 5.13. The Kier molecular flexibility index (Phi) is 7.03. The van der Waals surface area contributed by atoms with E-state index in [4.69, 9.17) is 9.15 Å². The van der Waals surface area contributed by atoms with Gasteiger partial charge >= 0.3 is 12.0 Å². The highest BCUT2D eigenvalue weighted by atomic mass is 32.2. The topological polar surface area (TPSA) is 132 Å². The van der Waals surface area contributed by atoms with Crippen molar-refractivity contribution in [3.63, 3.8) is 0 Å². The van der Waals surface area contributed by atoms with Crippen molar-refractivity contribution >= 4 is 27.9 Å². The van der Waals surface area contributed by atoms with Crippen molar-refractivity contribution in [1.82, 2.24) is 14.5 Å². The fraction of sp³-hybridized carbons (Fsp3) is 0.304. The predicted molar refractivity (Wildman–Crippen MR) is 122 cm³/mol. The average molecular weight is 485 g/mol. The molecule has 0 saturated carbocycles. The van der Waals surface area contributed by atoms with E-state index in [1.807, 2.05) is 30.3 Å². The molecule has 1 amide bonds. The molecule has 1 saturated heterocycles. The molecule has 0 radical (unpaired) electrons. The standard InChI is InChI=1S/C23H24N4O6S/c1-2-32-22(29)18-8-10-19(11-9-18)34(30,31)27-14-12-16(13-15-27)20(28)24-23-26-25-21(33-23)17-6-4-3-5-7-17/h3-11,16H,2,12-15H2,1H3,(H,24,26,28). The predicted octanol–water partition coefficient (Wildman–Crippen LogP) is 2.95. The van der Waals surface area contributed by atoms with Gasteiger partial charge in [0.25, 0.3) is 0 Å². The first-order valence-corrected chi connectivity index (χ1v) is 12.3. The van der Waals surface area contributed by atoms with Gasteiger partial charge in [0.15, 0.2) is 0 Å². The van der Waals surface area contributed by atoms with Crippen LogP contribution in [0.3, 0.4) is 0 Å². The van der Waals surface area contributed by atoms with Gasteiger partial charge in [0.2, 0.25) is 21.8 Å². The van der Waals surface area contributed by atoms with Gasteiger partial charge in [-0.05, 0) is 56.2 Å². The maximum atomic E-state index is 13.0. The van der Waals surface area contributed by atoms with Crippen molar-refractivity contribution in [1.29, 1.82) is 0 Å². The maximum absolute atomic E-state index is 13.0. The molecule has 34 heavy (non-hydrogen) atoms. The third-order valence-corrected chi connectivity index (χ3v) is 7.42. The number of nitrogens with zero attached hydrogens (tertiary/aromatic N) is 3. The molecule has 0 bridgehead atoms. The molecular formula is C23H24N4O6S. The van der Waals surface area contributed by atoms with Crippen molar-refractivity contribution in [2.24, 2.45) is 5.92 Å². The van der Waals surface area contributed by atoms with E-state index in [0.717, 1.165) is 5.56 Å². The SMILES string of the molecule is CCOC(=O)c1ccc(S(=O)(=O)N2CCC(C(=O)Nc3nnc(-c4ccccc4)o3)CC2)cc1. The van der Waals surface area contributed by atoms with Crippen LogP contribution in [0, 0.1) is 5.92 Å². The summed E-state index contributed by atoms with van der Waals surface area (Å²) in [6.45, 7) is 2.32. The van der Waals surface area contributed by atoms with Crippen LogP contribution < -0.4 is 5.32 Å². The molecule has 0 unspecified atom stereocenters. The Bertz CT molecular complexity index is 1250. The summed E-state index contributed by atoms with van der Waals surface area (Å²) in [7, 11) is -3.74. The second-order valence-corrected chi connectivity index (χ2v) is 9.63. The molecule has 2 heterocycles. The van der Waals surface area contributed by atoms with E-state index in [9.17, 15) is 18.0 Å². The minimum absolute atomic E-state index is 0.000550. The van der Waals surface area contributed by atoms with Crippen molar-refractivity contribution < 1.29 is 27.2 Å². The molecule has 1 N–H and O–H groups in total. The highest BCUT2D eigenvalue weighted by Crippen LogP contribution is 2.26. The van der Waals surface area contributed by atoms with E-state index in [0.29, 0.717) is 18.7 Å². The Hall–Kier alpha value is -3.57. The first-order valence-electron chi connectivity index (χ1n) is 10.9. The summed E-state index contributed by atoms with van der Waals surface area (Å²) >= 11 is 0. The van der Waals surface area contributed by atoms with Crippen molar-refractivity contribution in [3.8, 4) is 11.5 Å². The number of amides is 1. The zero-order valence-corrected chi connectivity index (χ0v) is 19.3. The van der Waals surface area contributed by atoms with E-state index in [2.05, 4.69) is 15.5 Å². The zero-order chi connectivity index (χ0) is 24.1. The van der Waals surface area contributed by atoms with Gasteiger partial charge in [-0.2, -0.15) is 4.31 Å². The quantitative estimate of drug-likeness (QED) is 0.506. The number of nitrogens with one attached hydrogen (secondary N) is 1. The minimum atomic E-state index is -3.74. The molecule has 4 rings (SSSR count). The van der Waals surface area contributed by atoms with Gasteiger partial charge in [-0.15, -0.1) is 5.10 Å². The Labute approximate surface area is 197 Å². The third-order valence-electron chi connectivity index (χ3n) is 5.50. The highest BCUT2D eigenvalue weighted by molar-refractivity contribution is 7.89. The molecule has 178 valence electrons. The summed E-state index contributed by atoms with van der Waals surface area (Å²) < 4.78 is 37.7. The van der Waals surface area contributed by atoms with Crippen molar-refractivity contribution in [2.45, 2.75) is 24.7 Å². The number of rotatable bonds is 7. The zero-order valence-electron chi connectivity index (χ0n) is 18.5. The number of carbonyl (C=O) groups excluding carboxylic acids is 2. The van der Waals surface area contributed by atoms with Crippen molar-refractivity contribution in [2.75, 3.05) is 25.0 Å². The van der Waals surface area contributed by atoms with Crippen LogP contribution in [-0.4, -0.2) is 54.5 Å². The second kappa shape index (κ2) is 10.1. The molecule has 1 aliphatic rings. The van der Waals surface area contributed by atoms with Gasteiger partial charge in [-0.1, -0.05) is 23.3 Å². The summed E-state index contributed by atoms with van der Waals surface area (Å²) in [6.07, 6.45) is 0.706. The van der Waals surface area contributed by atoms with E-state index < -0.39 is 16.0 Å². The first kappa shape index (κ1) is 23.6. The Morgan fingerprint density at radius 1 is 1.06 bits per heavy atom. The van der Waals surface area contributed by atoms with Gasteiger partial charge in [-0.25, -0.2) is 13.2 Å². The number of hydrogen-bond donors (Lipinski definition) is 1. The number of hydrogen-bond acceptors (Lipinski definition) is 8. The molecule has 0 aliphatic carbocycles. The second-order valence-electron chi connectivity index (χ2n) is 7.69. The maximum Gasteiger partial charge on any atom is 0.338 e. The lowest BCUT2D eigenvalue weighted by atomic mass is 9.97. The molecule has 3 aromatic rings. The molecular weight excluding hydrogens is 460 g/mol. The van der Waals surface area contributed by atoms with Crippen LogP contribution >= 0.6 is 0 Å². The molecule has 0 atom stereocenters. The number of benzene rings is 2. The van der Waals surface area contributed by atoms with Crippen LogP contribution in [0.15, 0.2) is 63.9 Å². The number of sulfonamides is 1. The lowest BCUT2D eigenvalue weighted by Gasteiger charge is -2.30. The van der Waals surface area contributed by atoms with Crippen LogP contribution in [0.1, 0.15) is 30.1 Å². The van der Waals surface area contributed by atoms with Gasteiger partial charge in [0.05, 0.1) is 17.1 Å². The van der Waals surface area contributed by atoms with E-state index in [-0.39, 0.29) is 48.0 Å². The monoisotopic (exact) mass is 484 g/mol. The Balaban J connectivity index is 1.34. The van der Waals surface area contributed by atoms with Gasteiger partial charge in [-0.3, -0.25) is 10.1 Å². The van der Waals surface area contributed by atoms with E-state index in [1.54, 1.807) is 6.92 Å². The summed E-state index contributed by atoms with van der Waals surface area (Å²) in [5.74, 6) is -0.884.